The van der Waals surface area contributed by atoms with Gasteiger partial charge in [-0.3, -0.25) is 10.1 Å². The van der Waals surface area contributed by atoms with Gasteiger partial charge in [-0.1, -0.05) is 0 Å². The van der Waals surface area contributed by atoms with Crippen molar-refractivity contribution in [2.24, 2.45) is 5.73 Å². The summed E-state index contributed by atoms with van der Waals surface area (Å²) in [5, 5.41) is 10.9. The molecule has 7 nitrogen and oxygen atoms in total. The highest BCUT2D eigenvalue weighted by Crippen LogP contribution is 2.33. The maximum Gasteiger partial charge on any atom is 0.314 e. The fourth-order valence-electron chi connectivity index (χ4n) is 2.12. The van der Waals surface area contributed by atoms with Crippen molar-refractivity contribution in [3.8, 4) is 11.5 Å². The normalized spacial score (nSPS) is 25.5. The Labute approximate surface area is 110 Å². The fourth-order valence-corrected chi connectivity index (χ4v) is 2.12. The summed E-state index contributed by atoms with van der Waals surface area (Å²) in [4.78, 5) is 10.4. The Kier molecular flexibility index (Phi) is 3.87. The molecular formula is C12H16N2O5. The number of nitro groups is 1. The van der Waals surface area contributed by atoms with Crippen molar-refractivity contribution >= 4 is 5.69 Å². The Balaban J connectivity index is 2.13. The minimum Gasteiger partial charge on any atom is -0.490 e. The summed E-state index contributed by atoms with van der Waals surface area (Å²) in [6.07, 6.45) is 0.312. The molecular weight excluding hydrogens is 252 g/mol. The van der Waals surface area contributed by atoms with Crippen LogP contribution in [0, 0.1) is 10.1 Å². The van der Waals surface area contributed by atoms with Gasteiger partial charge in [0.25, 0.3) is 0 Å². The van der Waals surface area contributed by atoms with E-state index in [1.54, 1.807) is 13.2 Å². The van der Waals surface area contributed by atoms with Crippen LogP contribution in [-0.2, 0) is 4.74 Å². The van der Waals surface area contributed by atoms with Gasteiger partial charge in [-0.25, -0.2) is 0 Å². The van der Waals surface area contributed by atoms with Gasteiger partial charge >= 0.3 is 5.69 Å². The molecule has 0 heterocycles. The molecule has 1 aromatic carbocycles. The second kappa shape index (κ2) is 5.41. The first-order chi connectivity index (χ1) is 9.06. The Morgan fingerprint density at radius 2 is 2.16 bits per heavy atom. The summed E-state index contributed by atoms with van der Waals surface area (Å²) in [6.45, 7) is 0. The van der Waals surface area contributed by atoms with Crippen LogP contribution in [0.5, 0.6) is 11.5 Å². The van der Waals surface area contributed by atoms with Crippen LogP contribution < -0.4 is 15.2 Å². The first-order valence-electron chi connectivity index (χ1n) is 5.84. The molecule has 0 aromatic heterocycles. The third kappa shape index (κ3) is 2.61. The molecule has 1 aromatic rings. The van der Waals surface area contributed by atoms with Gasteiger partial charge in [-0.15, -0.1) is 0 Å². The van der Waals surface area contributed by atoms with Crippen LogP contribution in [0.1, 0.15) is 6.42 Å². The number of ether oxygens (including phenoxy) is 3. The molecule has 19 heavy (non-hydrogen) atoms. The molecule has 104 valence electrons. The van der Waals surface area contributed by atoms with E-state index < -0.39 is 4.92 Å². The first kappa shape index (κ1) is 13.6. The van der Waals surface area contributed by atoms with Crippen LogP contribution in [0.15, 0.2) is 18.2 Å². The number of nitrogens with zero attached hydrogens (tertiary/aromatic N) is 1. The lowest BCUT2D eigenvalue weighted by Gasteiger charge is -2.40. The molecule has 3 unspecified atom stereocenters. The van der Waals surface area contributed by atoms with Gasteiger partial charge in [-0.2, -0.15) is 0 Å². The molecule has 1 aliphatic carbocycles. The Morgan fingerprint density at radius 1 is 1.42 bits per heavy atom. The van der Waals surface area contributed by atoms with Gasteiger partial charge in [0.15, 0.2) is 5.75 Å². The summed E-state index contributed by atoms with van der Waals surface area (Å²) in [6, 6.07) is 4.43. The van der Waals surface area contributed by atoms with Crippen molar-refractivity contribution in [1.29, 1.82) is 0 Å². The number of benzene rings is 1. The molecule has 2 N–H and O–H groups in total. The second-order valence-electron chi connectivity index (χ2n) is 4.35. The first-order valence-corrected chi connectivity index (χ1v) is 5.84. The van der Waals surface area contributed by atoms with Crippen LogP contribution in [0.3, 0.4) is 0 Å². The number of methoxy groups -OCH3 is 2. The van der Waals surface area contributed by atoms with Gasteiger partial charge in [0, 0.05) is 19.6 Å². The van der Waals surface area contributed by atoms with E-state index >= 15 is 0 Å². The summed E-state index contributed by atoms with van der Waals surface area (Å²) in [7, 11) is 2.95. The summed E-state index contributed by atoms with van der Waals surface area (Å²) < 4.78 is 15.8. The minimum absolute atomic E-state index is 0.0526. The molecule has 2 rings (SSSR count). The number of rotatable bonds is 5. The Bertz CT molecular complexity index is 479. The van der Waals surface area contributed by atoms with Crippen LogP contribution in [0.25, 0.3) is 0 Å². The highest BCUT2D eigenvalue weighted by atomic mass is 16.6. The minimum atomic E-state index is -0.508. The largest absolute Gasteiger partial charge is 0.490 e. The number of nitrogens with two attached hydrogens (primary N) is 1. The molecule has 0 amide bonds. The maximum atomic E-state index is 10.9. The van der Waals surface area contributed by atoms with Crippen molar-refractivity contribution in [1.82, 2.24) is 0 Å². The van der Waals surface area contributed by atoms with Crippen molar-refractivity contribution in [2.45, 2.75) is 24.7 Å². The zero-order valence-corrected chi connectivity index (χ0v) is 10.7. The summed E-state index contributed by atoms with van der Waals surface area (Å²) in [5.41, 5.74) is 5.64. The van der Waals surface area contributed by atoms with Crippen LogP contribution in [0.4, 0.5) is 5.69 Å². The zero-order valence-electron chi connectivity index (χ0n) is 10.7. The Morgan fingerprint density at radius 3 is 2.68 bits per heavy atom. The van der Waals surface area contributed by atoms with Crippen molar-refractivity contribution < 1.29 is 19.1 Å². The molecule has 0 radical (unpaired) electrons. The molecule has 0 saturated heterocycles. The molecule has 1 saturated carbocycles. The summed E-state index contributed by atoms with van der Waals surface area (Å²) >= 11 is 0. The molecule has 7 heteroatoms. The standard InChI is InChI=1S/C12H16N2O5/c1-17-10-4-3-7(5-9(10)14(15)16)19-11-6-8(13)12(11)18-2/h3-5,8,11-12H,6,13H2,1-2H3. The third-order valence-corrected chi connectivity index (χ3v) is 3.20. The molecule has 1 aliphatic rings. The van der Waals surface area contributed by atoms with Gasteiger partial charge < -0.3 is 19.9 Å². The SMILES string of the molecule is COc1ccc(OC2CC(N)C2OC)cc1[N+](=O)[O-]. The van der Waals surface area contributed by atoms with Gasteiger partial charge in [0.05, 0.1) is 18.1 Å². The molecule has 0 bridgehead atoms. The predicted molar refractivity (Wildman–Crippen MR) is 67.5 cm³/mol. The van der Waals surface area contributed by atoms with Gasteiger partial charge in [-0.05, 0) is 12.1 Å². The molecule has 3 atom stereocenters. The zero-order chi connectivity index (χ0) is 14.0. The van der Waals surface area contributed by atoms with E-state index in [0.717, 1.165) is 0 Å². The maximum absolute atomic E-state index is 10.9. The molecule has 1 fully saturated rings. The van der Waals surface area contributed by atoms with E-state index in [4.69, 9.17) is 19.9 Å². The highest BCUT2D eigenvalue weighted by Gasteiger charge is 2.41. The van der Waals surface area contributed by atoms with Crippen LogP contribution in [0.2, 0.25) is 0 Å². The Hall–Kier alpha value is -1.86. The van der Waals surface area contributed by atoms with Crippen LogP contribution in [-0.4, -0.2) is 37.4 Å². The highest BCUT2D eigenvalue weighted by molar-refractivity contribution is 5.50. The van der Waals surface area contributed by atoms with Crippen molar-refractivity contribution in [3.63, 3.8) is 0 Å². The molecule has 0 aliphatic heterocycles. The summed E-state index contributed by atoms with van der Waals surface area (Å²) in [5.74, 6) is 0.609. The van der Waals surface area contributed by atoms with E-state index in [0.29, 0.717) is 12.2 Å². The topological polar surface area (TPSA) is 96.9 Å². The van der Waals surface area contributed by atoms with Gasteiger partial charge in [0.2, 0.25) is 0 Å². The van der Waals surface area contributed by atoms with Crippen LogP contribution >= 0.6 is 0 Å². The smallest absolute Gasteiger partial charge is 0.314 e. The number of hydrogen-bond donors (Lipinski definition) is 1. The monoisotopic (exact) mass is 268 g/mol. The quantitative estimate of drug-likeness (QED) is 0.634. The fraction of sp³-hybridized carbons (Fsp3) is 0.500. The van der Waals surface area contributed by atoms with E-state index in [2.05, 4.69) is 0 Å². The third-order valence-electron chi connectivity index (χ3n) is 3.20. The average molecular weight is 268 g/mol. The molecule has 0 spiro atoms. The second-order valence-corrected chi connectivity index (χ2v) is 4.35. The van der Waals surface area contributed by atoms with Crippen molar-refractivity contribution in [3.05, 3.63) is 28.3 Å². The van der Waals surface area contributed by atoms with E-state index in [9.17, 15) is 10.1 Å². The van der Waals surface area contributed by atoms with Gasteiger partial charge in [0.1, 0.15) is 18.0 Å². The lowest BCUT2D eigenvalue weighted by atomic mass is 9.86. The van der Waals surface area contributed by atoms with E-state index in [1.807, 2.05) is 0 Å². The predicted octanol–water partition coefficient (Wildman–Crippen LogP) is 1.10. The number of nitro benzene ring substituents is 1. The van der Waals surface area contributed by atoms with E-state index in [-0.39, 0.29) is 29.7 Å². The van der Waals surface area contributed by atoms with Crippen molar-refractivity contribution in [2.75, 3.05) is 14.2 Å². The average Bonchev–Trinajstić information content (AvgIpc) is 2.38. The lowest BCUT2D eigenvalue weighted by Crippen LogP contribution is -2.59. The number of hydrogen-bond acceptors (Lipinski definition) is 6. The van der Waals surface area contributed by atoms with E-state index in [1.165, 1.54) is 19.2 Å². The lowest BCUT2D eigenvalue weighted by molar-refractivity contribution is -0.385.